The highest BCUT2D eigenvalue weighted by atomic mass is 127. The fourth-order valence-electron chi connectivity index (χ4n) is 0.748. The zero-order chi connectivity index (χ0) is 7.49. The number of hydroxylamine groups is 2. The van der Waals surface area contributed by atoms with Gasteiger partial charge in [0.2, 0.25) is 0 Å². The van der Waals surface area contributed by atoms with Crippen LogP contribution in [0.2, 0.25) is 0 Å². The third kappa shape index (κ3) is 3.16. The summed E-state index contributed by atoms with van der Waals surface area (Å²) in [4.78, 5) is 0. The molecule has 3 heteroatoms. The highest BCUT2D eigenvalue weighted by Crippen LogP contribution is 2.07. The van der Waals surface area contributed by atoms with Crippen molar-refractivity contribution in [3.05, 3.63) is 5.21 Å². The summed E-state index contributed by atoms with van der Waals surface area (Å²) in [5.41, 5.74) is -0.0556. The van der Waals surface area contributed by atoms with Gasteiger partial charge in [0, 0.05) is 0 Å². The van der Waals surface area contributed by atoms with Crippen molar-refractivity contribution < 1.29 is 29.0 Å². The molecule has 0 aliphatic heterocycles. The average molecular weight is 258 g/mol. The van der Waals surface area contributed by atoms with Gasteiger partial charge in [-0.15, -0.1) is 0 Å². The van der Waals surface area contributed by atoms with Gasteiger partial charge in [-0.25, -0.2) is 0 Å². The van der Waals surface area contributed by atoms with E-state index in [2.05, 4.69) is 13.8 Å². The fraction of sp³-hybridized carbons (Fsp3) is 1.00. The number of hydrogen-bond acceptors (Lipinski definition) is 1. The molecule has 0 spiro atoms. The average Bonchev–Trinajstić information content (AvgIpc) is 1.86. The molecule has 0 radical (unpaired) electrons. The molecule has 2 nitrogen and oxygen atoms in total. The van der Waals surface area contributed by atoms with Gasteiger partial charge < -0.3 is 34.2 Å². The van der Waals surface area contributed by atoms with Gasteiger partial charge in [-0.2, -0.15) is 0 Å². The van der Waals surface area contributed by atoms with Crippen LogP contribution < -0.4 is 29.0 Å². The highest BCUT2D eigenvalue weighted by molar-refractivity contribution is 4.67. The summed E-state index contributed by atoms with van der Waals surface area (Å²) in [6.45, 7) is 6.14. The van der Waals surface area contributed by atoms with Gasteiger partial charge in [0.15, 0.2) is 0 Å². The molecule has 64 valence electrons. The van der Waals surface area contributed by atoms with Crippen molar-refractivity contribution in [2.24, 2.45) is 0 Å². The number of quaternary nitrogens is 1. The molecule has 0 amide bonds. The minimum Gasteiger partial charge on any atom is -1.00 e. The molecule has 0 rings (SSSR count). The molecule has 1 atom stereocenters. The van der Waals surface area contributed by atoms with Crippen LogP contribution in [0.15, 0.2) is 0 Å². The first-order valence-corrected chi connectivity index (χ1v) is 3.58. The first kappa shape index (κ1) is 13.3. The lowest BCUT2D eigenvalue weighted by atomic mass is 9.96. The second kappa shape index (κ2) is 5.32. The molecule has 0 saturated carbocycles. The Labute approximate surface area is 80.6 Å². The van der Waals surface area contributed by atoms with Crippen LogP contribution in [0.25, 0.3) is 0 Å². The Morgan fingerprint density at radius 3 is 1.60 bits per heavy atom. The predicted octanol–water partition coefficient (Wildman–Crippen LogP) is -2.42. The van der Waals surface area contributed by atoms with Crippen LogP contribution in [0, 0.1) is 5.21 Å². The Hall–Kier alpha value is 0.650. The van der Waals surface area contributed by atoms with Crippen LogP contribution in [0.4, 0.5) is 0 Å². The topological polar surface area (TPSA) is 27.5 Å². The summed E-state index contributed by atoms with van der Waals surface area (Å²) >= 11 is 0. The summed E-state index contributed by atoms with van der Waals surface area (Å²) < 4.78 is 0. The molecular formula is C7H17INO-. The second-order valence-corrected chi connectivity index (χ2v) is 2.82. The SMILES string of the molecule is CCC(C)(CC)[NH+](C)[O-].[I-]. The van der Waals surface area contributed by atoms with E-state index in [1.807, 2.05) is 6.92 Å². The predicted molar refractivity (Wildman–Crippen MR) is 39.2 cm³/mol. The third-order valence-electron chi connectivity index (χ3n) is 2.41. The lowest BCUT2D eigenvalue weighted by molar-refractivity contribution is -0.884. The second-order valence-electron chi connectivity index (χ2n) is 2.82. The van der Waals surface area contributed by atoms with Crippen LogP contribution in [0.5, 0.6) is 0 Å². The Balaban J connectivity index is 0. The molecule has 0 aliphatic carbocycles. The first-order chi connectivity index (χ1) is 4.06. The Bertz CT molecular complexity index is 81.7. The van der Waals surface area contributed by atoms with Crippen molar-refractivity contribution >= 4 is 0 Å². The summed E-state index contributed by atoms with van der Waals surface area (Å²) in [5, 5.41) is 11.2. The summed E-state index contributed by atoms with van der Waals surface area (Å²) in [6, 6.07) is 0. The van der Waals surface area contributed by atoms with Gasteiger partial charge in [0.25, 0.3) is 0 Å². The Morgan fingerprint density at radius 1 is 1.30 bits per heavy atom. The molecule has 0 bridgehead atoms. The molecule has 0 saturated heterocycles. The molecule has 0 aromatic rings. The highest BCUT2D eigenvalue weighted by Gasteiger charge is 2.23. The number of rotatable bonds is 3. The standard InChI is InChI=1S/C7H17NO.HI/c1-5-7(3,6-2)8(4)9;/h8H,5-6H2,1-4H3;1H/p-1. The molecule has 0 fully saturated rings. The molecule has 0 aromatic carbocycles. The van der Waals surface area contributed by atoms with E-state index in [-0.39, 0.29) is 29.5 Å². The zero-order valence-electron chi connectivity index (χ0n) is 7.20. The van der Waals surface area contributed by atoms with Crippen molar-refractivity contribution in [3.63, 3.8) is 0 Å². The van der Waals surface area contributed by atoms with E-state index in [1.54, 1.807) is 7.05 Å². The van der Waals surface area contributed by atoms with E-state index in [9.17, 15) is 5.21 Å². The van der Waals surface area contributed by atoms with E-state index in [0.29, 0.717) is 5.06 Å². The van der Waals surface area contributed by atoms with Gasteiger partial charge in [-0.3, -0.25) is 0 Å². The summed E-state index contributed by atoms with van der Waals surface area (Å²) in [5.74, 6) is 0. The molecule has 1 N–H and O–H groups in total. The molecule has 0 aliphatic rings. The van der Waals surface area contributed by atoms with Crippen molar-refractivity contribution in [2.75, 3.05) is 7.05 Å². The van der Waals surface area contributed by atoms with Crippen molar-refractivity contribution in [1.29, 1.82) is 0 Å². The molecule has 10 heavy (non-hydrogen) atoms. The fourth-order valence-corrected chi connectivity index (χ4v) is 0.748. The van der Waals surface area contributed by atoms with E-state index in [4.69, 9.17) is 0 Å². The Morgan fingerprint density at radius 2 is 1.60 bits per heavy atom. The number of hydrogen-bond donors (Lipinski definition) is 1. The Kier molecular flexibility index (Phi) is 7.05. The van der Waals surface area contributed by atoms with E-state index in [0.717, 1.165) is 12.8 Å². The first-order valence-electron chi connectivity index (χ1n) is 3.58. The quantitative estimate of drug-likeness (QED) is 0.443. The molecular weight excluding hydrogens is 241 g/mol. The lowest BCUT2D eigenvalue weighted by Crippen LogP contribution is -3.12. The van der Waals surface area contributed by atoms with Gasteiger partial charge >= 0.3 is 0 Å². The largest absolute Gasteiger partial charge is 1.00 e. The van der Waals surface area contributed by atoms with Crippen LogP contribution in [0.1, 0.15) is 33.6 Å². The molecule has 1 unspecified atom stereocenters. The maximum Gasteiger partial charge on any atom is 0.0938 e. The lowest BCUT2D eigenvalue weighted by Gasteiger charge is -2.36. The monoisotopic (exact) mass is 258 g/mol. The van der Waals surface area contributed by atoms with Crippen LogP contribution >= 0.6 is 0 Å². The minimum absolute atomic E-state index is 0. The van der Waals surface area contributed by atoms with Gasteiger partial charge in [0.05, 0.1) is 12.6 Å². The van der Waals surface area contributed by atoms with Crippen molar-refractivity contribution in [1.82, 2.24) is 0 Å². The number of halogens is 1. The van der Waals surface area contributed by atoms with Crippen molar-refractivity contribution in [3.8, 4) is 0 Å². The van der Waals surface area contributed by atoms with Gasteiger partial charge in [-0.05, 0) is 19.8 Å². The molecule has 0 aromatic heterocycles. The van der Waals surface area contributed by atoms with E-state index < -0.39 is 0 Å². The van der Waals surface area contributed by atoms with Crippen LogP contribution in [-0.4, -0.2) is 12.6 Å². The number of nitrogens with one attached hydrogen (secondary N) is 1. The van der Waals surface area contributed by atoms with E-state index in [1.165, 1.54) is 0 Å². The molecule has 0 heterocycles. The maximum atomic E-state index is 10.9. The third-order valence-corrected chi connectivity index (χ3v) is 2.41. The van der Waals surface area contributed by atoms with Crippen LogP contribution in [0.3, 0.4) is 0 Å². The van der Waals surface area contributed by atoms with E-state index >= 15 is 0 Å². The summed E-state index contributed by atoms with van der Waals surface area (Å²) in [7, 11) is 1.67. The van der Waals surface area contributed by atoms with Crippen LogP contribution in [-0.2, 0) is 0 Å². The minimum atomic E-state index is -0.0556. The van der Waals surface area contributed by atoms with Crippen molar-refractivity contribution in [2.45, 2.75) is 39.2 Å². The zero-order valence-corrected chi connectivity index (χ0v) is 9.36. The smallest absolute Gasteiger partial charge is 0.0938 e. The van der Waals surface area contributed by atoms with Gasteiger partial charge in [0.1, 0.15) is 0 Å². The summed E-state index contributed by atoms with van der Waals surface area (Å²) in [6.07, 6.45) is 1.91. The normalized spacial score (nSPS) is 14.1. The van der Waals surface area contributed by atoms with Gasteiger partial charge in [-0.1, -0.05) is 13.8 Å². The maximum absolute atomic E-state index is 10.9.